The first-order valence-corrected chi connectivity index (χ1v) is 9.82. The van der Waals surface area contributed by atoms with Crippen LogP contribution in [0.15, 0.2) is 54.6 Å². The Labute approximate surface area is 155 Å². The Balaban J connectivity index is 1.40. The summed E-state index contributed by atoms with van der Waals surface area (Å²) in [5, 5.41) is 1.15. The van der Waals surface area contributed by atoms with Crippen molar-refractivity contribution in [2.24, 2.45) is 0 Å². The van der Waals surface area contributed by atoms with Crippen molar-refractivity contribution in [3.63, 3.8) is 0 Å². The maximum atomic E-state index is 13.0. The standard InChI is InChI=1S/C21H19N3OS/c25-21(19-12-14-6-1-4-10-18(14)26-19)24-11-5-7-15(13-24)20-22-16-8-2-3-9-17(16)23-20/h1-4,6,8-10,12,15H,5,7,11,13H2,(H,22,23)/t15-/m0/s1. The smallest absolute Gasteiger partial charge is 0.263 e. The van der Waals surface area contributed by atoms with Gasteiger partial charge in [0.15, 0.2) is 0 Å². The van der Waals surface area contributed by atoms with E-state index in [9.17, 15) is 4.79 Å². The van der Waals surface area contributed by atoms with Crippen LogP contribution in [0.25, 0.3) is 21.1 Å². The molecule has 3 heterocycles. The van der Waals surface area contributed by atoms with Crippen LogP contribution in [-0.4, -0.2) is 33.9 Å². The summed E-state index contributed by atoms with van der Waals surface area (Å²) in [5.41, 5.74) is 2.06. The Bertz CT molecular complexity index is 1030. The molecule has 1 fully saturated rings. The Morgan fingerprint density at radius 2 is 2.00 bits per heavy atom. The van der Waals surface area contributed by atoms with Gasteiger partial charge in [-0.25, -0.2) is 4.98 Å². The highest BCUT2D eigenvalue weighted by Gasteiger charge is 2.28. The number of carbonyl (C=O) groups excluding carboxylic acids is 1. The molecule has 1 N–H and O–H groups in total. The van der Waals surface area contributed by atoms with Crippen molar-refractivity contribution in [2.45, 2.75) is 18.8 Å². The minimum atomic E-state index is 0.145. The van der Waals surface area contributed by atoms with Gasteiger partial charge in [-0.3, -0.25) is 4.79 Å². The molecule has 0 saturated carbocycles. The molecule has 1 saturated heterocycles. The maximum absolute atomic E-state index is 13.0. The normalized spacial score (nSPS) is 17.8. The molecule has 0 aliphatic carbocycles. The van der Waals surface area contributed by atoms with Crippen LogP contribution in [0, 0.1) is 0 Å². The van der Waals surface area contributed by atoms with E-state index in [-0.39, 0.29) is 11.8 Å². The number of amides is 1. The SMILES string of the molecule is O=C(c1cc2ccccc2s1)N1CCC[C@H](c2nc3ccccc3[nH]2)C1. The minimum Gasteiger partial charge on any atom is -0.342 e. The third-order valence-corrected chi connectivity index (χ3v) is 6.24. The molecule has 1 atom stereocenters. The van der Waals surface area contributed by atoms with Crippen LogP contribution in [0.5, 0.6) is 0 Å². The molecule has 1 aliphatic rings. The van der Waals surface area contributed by atoms with Crippen LogP contribution in [0.4, 0.5) is 0 Å². The van der Waals surface area contributed by atoms with Crippen molar-refractivity contribution < 1.29 is 4.79 Å². The third kappa shape index (κ3) is 2.69. The van der Waals surface area contributed by atoms with E-state index in [0.29, 0.717) is 0 Å². The number of likely N-dealkylation sites (tertiary alicyclic amines) is 1. The zero-order valence-corrected chi connectivity index (χ0v) is 15.1. The van der Waals surface area contributed by atoms with Crippen molar-refractivity contribution in [1.29, 1.82) is 0 Å². The molecular weight excluding hydrogens is 342 g/mol. The lowest BCUT2D eigenvalue weighted by Gasteiger charge is -2.31. The number of hydrogen-bond acceptors (Lipinski definition) is 3. The molecule has 5 rings (SSSR count). The fourth-order valence-corrected chi connectivity index (χ4v) is 4.82. The molecule has 0 radical (unpaired) electrons. The van der Waals surface area contributed by atoms with Gasteiger partial charge in [-0.15, -0.1) is 11.3 Å². The van der Waals surface area contributed by atoms with E-state index in [1.807, 2.05) is 41.3 Å². The van der Waals surface area contributed by atoms with Crippen LogP contribution >= 0.6 is 11.3 Å². The van der Waals surface area contributed by atoms with Crippen LogP contribution in [0.2, 0.25) is 0 Å². The third-order valence-electron chi connectivity index (χ3n) is 5.14. The number of nitrogens with zero attached hydrogens (tertiary/aromatic N) is 2. The number of hydrogen-bond donors (Lipinski definition) is 1. The molecule has 0 spiro atoms. The summed E-state index contributed by atoms with van der Waals surface area (Å²) in [6.07, 6.45) is 2.08. The van der Waals surface area contributed by atoms with E-state index in [0.717, 1.165) is 53.1 Å². The summed E-state index contributed by atoms with van der Waals surface area (Å²) >= 11 is 1.59. The number of piperidine rings is 1. The number of aromatic nitrogens is 2. The molecule has 0 unspecified atom stereocenters. The first-order chi connectivity index (χ1) is 12.8. The summed E-state index contributed by atoms with van der Waals surface area (Å²) in [7, 11) is 0. The van der Waals surface area contributed by atoms with Crippen LogP contribution in [-0.2, 0) is 0 Å². The highest BCUT2D eigenvalue weighted by Crippen LogP contribution is 2.30. The monoisotopic (exact) mass is 361 g/mol. The Kier molecular flexibility index (Phi) is 3.75. The maximum Gasteiger partial charge on any atom is 0.263 e. The van der Waals surface area contributed by atoms with Crippen LogP contribution < -0.4 is 0 Å². The second-order valence-electron chi connectivity index (χ2n) is 6.88. The first kappa shape index (κ1) is 15.6. The summed E-state index contributed by atoms with van der Waals surface area (Å²) in [6, 6.07) is 18.3. The average molecular weight is 361 g/mol. The molecule has 0 bridgehead atoms. The van der Waals surface area contributed by atoms with Gasteiger partial charge in [0, 0.05) is 23.7 Å². The second kappa shape index (κ2) is 6.25. The lowest BCUT2D eigenvalue weighted by molar-refractivity contribution is 0.0710. The number of H-pyrrole nitrogens is 1. The van der Waals surface area contributed by atoms with Crippen molar-refractivity contribution in [3.05, 3.63) is 65.3 Å². The van der Waals surface area contributed by atoms with Gasteiger partial charge >= 0.3 is 0 Å². The summed E-state index contributed by atoms with van der Waals surface area (Å²) in [6.45, 7) is 1.55. The van der Waals surface area contributed by atoms with E-state index >= 15 is 0 Å². The number of imidazole rings is 1. The molecule has 5 heteroatoms. The fraction of sp³-hybridized carbons (Fsp3) is 0.238. The van der Waals surface area contributed by atoms with Crippen LogP contribution in [0.3, 0.4) is 0 Å². The van der Waals surface area contributed by atoms with Gasteiger partial charge in [0.1, 0.15) is 5.82 Å². The van der Waals surface area contributed by atoms with Gasteiger partial charge in [-0.1, -0.05) is 30.3 Å². The van der Waals surface area contributed by atoms with Gasteiger partial charge in [0.05, 0.1) is 15.9 Å². The molecule has 2 aromatic carbocycles. The predicted octanol–water partition coefficient (Wildman–Crippen LogP) is 4.80. The highest BCUT2D eigenvalue weighted by atomic mass is 32.1. The molecule has 4 aromatic rings. The number of fused-ring (bicyclic) bond motifs is 2. The molecule has 1 aliphatic heterocycles. The van der Waals surface area contributed by atoms with E-state index in [2.05, 4.69) is 23.2 Å². The quantitative estimate of drug-likeness (QED) is 0.558. The Hall–Kier alpha value is -2.66. The van der Waals surface area contributed by atoms with E-state index in [1.165, 1.54) is 4.70 Å². The van der Waals surface area contributed by atoms with Crippen molar-refractivity contribution in [1.82, 2.24) is 14.9 Å². The number of para-hydroxylation sites is 2. The van der Waals surface area contributed by atoms with Crippen LogP contribution in [0.1, 0.15) is 34.3 Å². The number of rotatable bonds is 2. The fourth-order valence-electron chi connectivity index (χ4n) is 3.79. The van der Waals surface area contributed by atoms with Crippen molar-refractivity contribution in [3.8, 4) is 0 Å². The number of thiophene rings is 1. The Morgan fingerprint density at radius 1 is 1.15 bits per heavy atom. The first-order valence-electron chi connectivity index (χ1n) is 9.00. The number of aromatic amines is 1. The molecule has 26 heavy (non-hydrogen) atoms. The van der Waals surface area contributed by atoms with E-state index < -0.39 is 0 Å². The molecule has 130 valence electrons. The number of carbonyl (C=O) groups is 1. The minimum absolute atomic E-state index is 0.145. The zero-order chi connectivity index (χ0) is 17.5. The van der Waals surface area contributed by atoms with Gasteiger partial charge in [-0.05, 0) is 42.5 Å². The molecule has 4 nitrogen and oxygen atoms in total. The van der Waals surface area contributed by atoms with E-state index in [1.54, 1.807) is 11.3 Å². The lowest BCUT2D eigenvalue weighted by Crippen LogP contribution is -2.39. The number of nitrogens with one attached hydrogen (secondary N) is 1. The second-order valence-corrected chi connectivity index (χ2v) is 7.96. The highest BCUT2D eigenvalue weighted by molar-refractivity contribution is 7.20. The summed E-state index contributed by atoms with van der Waals surface area (Å²) < 4.78 is 1.17. The van der Waals surface area contributed by atoms with Gasteiger partial charge < -0.3 is 9.88 Å². The van der Waals surface area contributed by atoms with Gasteiger partial charge in [-0.2, -0.15) is 0 Å². The molecule has 2 aromatic heterocycles. The number of benzene rings is 2. The van der Waals surface area contributed by atoms with E-state index in [4.69, 9.17) is 4.98 Å². The Morgan fingerprint density at radius 3 is 2.88 bits per heavy atom. The predicted molar refractivity (Wildman–Crippen MR) is 106 cm³/mol. The molecule has 1 amide bonds. The lowest BCUT2D eigenvalue weighted by atomic mass is 9.97. The average Bonchev–Trinajstić information content (AvgIpc) is 3.31. The van der Waals surface area contributed by atoms with Gasteiger partial charge in [0.25, 0.3) is 5.91 Å². The summed E-state index contributed by atoms with van der Waals surface area (Å²) in [5.74, 6) is 1.42. The largest absolute Gasteiger partial charge is 0.342 e. The van der Waals surface area contributed by atoms with Crippen molar-refractivity contribution in [2.75, 3.05) is 13.1 Å². The molecular formula is C21H19N3OS. The summed E-state index contributed by atoms with van der Waals surface area (Å²) in [4.78, 5) is 24.0. The van der Waals surface area contributed by atoms with Gasteiger partial charge in [0.2, 0.25) is 0 Å². The topological polar surface area (TPSA) is 49.0 Å². The van der Waals surface area contributed by atoms with Crippen molar-refractivity contribution >= 4 is 38.4 Å². The zero-order valence-electron chi connectivity index (χ0n) is 14.3.